The van der Waals surface area contributed by atoms with Gasteiger partial charge in [-0.1, -0.05) is 0 Å². The Morgan fingerprint density at radius 2 is 2.00 bits per heavy atom. The molecule has 0 amide bonds. The Morgan fingerprint density at radius 3 is 2.00 bits per heavy atom. The van der Waals surface area contributed by atoms with Gasteiger partial charge in [-0.2, -0.15) is 0 Å². The van der Waals surface area contributed by atoms with E-state index in [4.69, 9.17) is 0 Å². The van der Waals surface area contributed by atoms with Gasteiger partial charge >= 0.3 is 36.0 Å². The second kappa shape index (κ2) is 8.85. The van der Waals surface area contributed by atoms with Crippen molar-refractivity contribution in [2.24, 2.45) is 0 Å². The Bertz CT molecular complexity index is 20.9. The van der Waals surface area contributed by atoms with Crippen LogP contribution in [-0.4, -0.2) is 0 Å². The van der Waals surface area contributed by atoms with E-state index in [1.807, 2.05) is 6.08 Å². The summed E-state index contributed by atoms with van der Waals surface area (Å²) in [5, 5.41) is 1.21. The van der Waals surface area contributed by atoms with E-state index in [0.29, 0.717) is 0 Å². The van der Waals surface area contributed by atoms with Crippen LogP contribution in [0, 0.1) is 0 Å². The maximum atomic E-state index is 3.51. The van der Waals surface area contributed by atoms with Crippen molar-refractivity contribution in [2.45, 2.75) is 5.02 Å². The van der Waals surface area contributed by atoms with Crippen LogP contribution in [0.4, 0.5) is 0 Å². The Hall–Kier alpha value is 0.843. The summed E-state index contributed by atoms with van der Waals surface area (Å²) in [7, 11) is 0. The average molecular weight is 186 g/mol. The van der Waals surface area contributed by atoms with Gasteiger partial charge in [0.2, 0.25) is 0 Å². The van der Waals surface area contributed by atoms with Crippen molar-refractivity contribution in [3.05, 3.63) is 12.7 Å². The Kier molecular flexibility index (Phi) is 16.4. The van der Waals surface area contributed by atoms with Gasteiger partial charge in [0.15, 0.2) is 0 Å². The zero-order valence-corrected chi connectivity index (χ0v) is 7.63. The SMILES string of the molecule is C=C[CH2][Zn+].[Br-]. The molecule has 5 heavy (non-hydrogen) atoms. The van der Waals surface area contributed by atoms with E-state index in [-0.39, 0.29) is 17.0 Å². The predicted molar refractivity (Wildman–Crippen MR) is 15.0 cm³/mol. The summed E-state index contributed by atoms with van der Waals surface area (Å²) in [5.41, 5.74) is 0. The molecular weight excluding hydrogens is 181 g/mol. The van der Waals surface area contributed by atoms with Crippen LogP contribution in [0.2, 0.25) is 5.02 Å². The third-order valence-electron chi connectivity index (χ3n) is 0.204. The minimum Gasteiger partial charge on any atom is -1.00 e. The molecule has 0 spiro atoms. The molecular formula is C3H5BrZn. The van der Waals surface area contributed by atoms with Crippen molar-refractivity contribution in [3.63, 3.8) is 0 Å². The summed E-state index contributed by atoms with van der Waals surface area (Å²) in [6.45, 7) is 3.51. The summed E-state index contributed by atoms with van der Waals surface area (Å²) in [5.74, 6) is 0. The number of halogens is 1. The fourth-order valence-electron chi connectivity index (χ4n) is 0. The maximum absolute atomic E-state index is 3.51. The molecule has 0 fully saturated rings. The predicted octanol–water partition coefficient (Wildman–Crippen LogP) is -1.86. The minimum absolute atomic E-state index is 0. The zero-order valence-electron chi connectivity index (χ0n) is 3.08. The summed E-state index contributed by atoms with van der Waals surface area (Å²) >= 11 is 1.35. The monoisotopic (exact) mass is 184 g/mol. The van der Waals surface area contributed by atoms with Gasteiger partial charge in [-0.25, -0.2) is 0 Å². The van der Waals surface area contributed by atoms with Crippen molar-refractivity contribution < 1.29 is 35.3 Å². The minimum atomic E-state index is 0. The first kappa shape index (κ1) is 9.28. The van der Waals surface area contributed by atoms with Gasteiger partial charge in [0.05, 0.1) is 0 Å². The van der Waals surface area contributed by atoms with Crippen LogP contribution in [0.3, 0.4) is 0 Å². The van der Waals surface area contributed by atoms with Crippen molar-refractivity contribution in [3.8, 4) is 0 Å². The van der Waals surface area contributed by atoms with Gasteiger partial charge in [0.25, 0.3) is 0 Å². The van der Waals surface area contributed by atoms with Crippen molar-refractivity contribution in [1.82, 2.24) is 0 Å². The van der Waals surface area contributed by atoms with Gasteiger partial charge in [0, 0.05) is 0 Å². The second-order valence-corrected chi connectivity index (χ2v) is 1.79. The zero-order chi connectivity index (χ0) is 3.41. The molecule has 0 saturated heterocycles. The summed E-state index contributed by atoms with van der Waals surface area (Å²) in [4.78, 5) is 0. The van der Waals surface area contributed by atoms with E-state index in [1.165, 1.54) is 23.3 Å². The fourth-order valence-corrected chi connectivity index (χ4v) is 0. The molecule has 0 rings (SSSR count). The molecule has 0 saturated carbocycles. The Morgan fingerprint density at radius 1 is 1.80 bits per heavy atom. The number of rotatable bonds is 1. The molecule has 0 nitrogen and oxygen atoms in total. The number of hydrogen-bond acceptors (Lipinski definition) is 0. The summed E-state index contributed by atoms with van der Waals surface area (Å²) in [6.07, 6.45) is 1.93. The van der Waals surface area contributed by atoms with Crippen LogP contribution >= 0.6 is 0 Å². The summed E-state index contributed by atoms with van der Waals surface area (Å²) < 4.78 is 0. The number of hydrogen-bond donors (Lipinski definition) is 0. The number of allylic oxidation sites excluding steroid dienone is 1. The normalized spacial score (nSPS) is 5.20. The first-order chi connectivity index (χ1) is 1.91. The van der Waals surface area contributed by atoms with Crippen LogP contribution in [0.5, 0.6) is 0 Å². The molecule has 0 aromatic rings. The molecule has 0 radical (unpaired) electrons. The van der Waals surface area contributed by atoms with Gasteiger partial charge in [-0.3, -0.25) is 0 Å². The van der Waals surface area contributed by atoms with Crippen LogP contribution < -0.4 is 17.0 Å². The molecule has 0 aromatic carbocycles. The van der Waals surface area contributed by atoms with Crippen LogP contribution in [0.15, 0.2) is 12.7 Å². The molecule has 2 heteroatoms. The van der Waals surface area contributed by atoms with E-state index < -0.39 is 0 Å². The van der Waals surface area contributed by atoms with Gasteiger partial charge in [-0.05, 0) is 0 Å². The Balaban J connectivity index is 0. The smallest absolute Gasteiger partial charge is 1.00 e. The van der Waals surface area contributed by atoms with Gasteiger partial charge in [-0.15, -0.1) is 0 Å². The van der Waals surface area contributed by atoms with Crippen LogP contribution in [0.1, 0.15) is 0 Å². The van der Waals surface area contributed by atoms with E-state index >= 15 is 0 Å². The summed E-state index contributed by atoms with van der Waals surface area (Å²) in [6, 6.07) is 0. The third-order valence-corrected chi connectivity index (χ3v) is 1.06. The van der Waals surface area contributed by atoms with Crippen LogP contribution in [-0.2, 0) is 18.3 Å². The molecule has 0 heterocycles. The molecule has 0 unspecified atom stereocenters. The molecule has 0 aliphatic heterocycles. The first-order valence-corrected chi connectivity index (χ1v) is 3.41. The first-order valence-electron chi connectivity index (χ1n) is 1.32. The molecule has 26 valence electrons. The third kappa shape index (κ3) is 11.5. The second-order valence-electron chi connectivity index (χ2n) is 0.577. The Labute approximate surface area is 53.1 Å². The quantitative estimate of drug-likeness (QED) is 0.333. The molecule has 0 bridgehead atoms. The van der Waals surface area contributed by atoms with E-state index in [9.17, 15) is 0 Å². The molecule has 0 atom stereocenters. The van der Waals surface area contributed by atoms with Crippen molar-refractivity contribution in [1.29, 1.82) is 0 Å². The van der Waals surface area contributed by atoms with E-state index in [1.54, 1.807) is 0 Å². The van der Waals surface area contributed by atoms with E-state index in [2.05, 4.69) is 6.58 Å². The standard InChI is InChI=1S/C3H5.BrH.Zn/c1-3-2;;/h3H,1-2H2;1H;/q;;+1/p-1. The van der Waals surface area contributed by atoms with Crippen molar-refractivity contribution >= 4 is 0 Å². The van der Waals surface area contributed by atoms with Crippen LogP contribution in [0.25, 0.3) is 0 Å². The van der Waals surface area contributed by atoms with E-state index in [0.717, 1.165) is 0 Å². The molecule has 0 N–H and O–H groups in total. The molecule has 0 aliphatic rings. The maximum Gasteiger partial charge on any atom is -1.00 e. The fraction of sp³-hybridized carbons (Fsp3) is 0.333. The molecule has 0 aromatic heterocycles. The molecule has 0 aliphatic carbocycles. The van der Waals surface area contributed by atoms with Crippen molar-refractivity contribution in [2.75, 3.05) is 0 Å². The topological polar surface area (TPSA) is 0 Å². The van der Waals surface area contributed by atoms with Gasteiger partial charge < -0.3 is 17.0 Å². The average Bonchev–Trinajstić information content (AvgIpc) is 1.37. The largest absolute Gasteiger partial charge is 1.00 e. The van der Waals surface area contributed by atoms with Gasteiger partial charge in [0.1, 0.15) is 0 Å².